The van der Waals surface area contributed by atoms with Crippen LogP contribution in [-0.4, -0.2) is 28.4 Å². The number of nitrogens with two attached hydrogens (primary N) is 1. The summed E-state index contributed by atoms with van der Waals surface area (Å²) in [4.78, 5) is 14.0. The zero-order valence-corrected chi connectivity index (χ0v) is 10.2. The van der Waals surface area contributed by atoms with E-state index in [4.69, 9.17) is 10.5 Å². The van der Waals surface area contributed by atoms with Gasteiger partial charge < -0.3 is 15.5 Å². The molecule has 1 aromatic carbocycles. The van der Waals surface area contributed by atoms with Crippen molar-refractivity contribution in [1.82, 2.24) is 10.0 Å². The van der Waals surface area contributed by atoms with Crippen molar-refractivity contribution in [2.45, 2.75) is 13.0 Å². The number of carbonyl (C=O) groups excluding carboxylic acids is 1. The number of carbonyl (C=O) groups is 1. The van der Waals surface area contributed by atoms with E-state index in [0.717, 1.165) is 16.7 Å². The van der Waals surface area contributed by atoms with Gasteiger partial charge in [-0.15, -0.1) is 0 Å². The highest BCUT2D eigenvalue weighted by molar-refractivity contribution is 5.87. The summed E-state index contributed by atoms with van der Waals surface area (Å²) >= 11 is 0. The summed E-state index contributed by atoms with van der Waals surface area (Å²) in [5.74, 6) is 0.728. The number of nitrogens with one attached hydrogen (secondary N) is 1. The second-order valence-electron chi connectivity index (χ2n) is 4.00. The van der Waals surface area contributed by atoms with Crippen molar-refractivity contribution in [1.29, 1.82) is 0 Å². The van der Waals surface area contributed by atoms with Crippen LogP contribution in [0, 0.1) is 0 Å². The molecule has 0 aliphatic rings. The third-order valence-electron chi connectivity index (χ3n) is 2.91. The quantitative estimate of drug-likeness (QED) is 0.574. The highest BCUT2D eigenvalue weighted by atomic mass is 16.5. The summed E-state index contributed by atoms with van der Waals surface area (Å²) in [5.41, 5.74) is 6.57. The fraction of sp³-hybridized carbons (Fsp3) is 0.250. The topological polar surface area (TPSA) is 91.6 Å². The van der Waals surface area contributed by atoms with Crippen LogP contribution in [0.15, 0.2) is 24.3 Å². The highest BCUT2D eigenvalue weighted by Gasteiger charge is 2.19. The van der Waals surface area contributed by atoms with Gasteiger partial charge in [-0.2, -0.15) is 5.06 Å². The smallest absolute Gasteiger partial charge is 0.339 e. The first-order valence-electron chi connectivity index (χ1n) is 5.47. The molecule has 4 N–H and O–H groups in total. The van der Waals surface area contributed by atoms with Crippen molar-refractivity contribution in [2.75, 3.05) is 7.11 Å². The number of hydrogen-bond donors (Lipinski definition) is 3. The number of primary amides is 1. The Hall–Kier alpha value is -2.21. The van der Waals surface area contributed by atoms with Crippen LogP contribution in [0.2, 0.25) is 0 Å². The number of rotatable bonds is 3. The number of H-pyrrole nitrogens is 1. The molecule has 0 fully saturated rings. The Kier molecular flexibility index (Phi) is 3.12. The van der Waals surface area contributed by atoms with E-state index in [1.807, 2.05) is 24.3 Å². The fourth-order valence-corrected chi connectivity index (χ4v) is 1.87. The maximum absolute atomic E-state index is 10.9. The van der Waals surface area contributed by atoms with E-state index in [-0.39, 0.29) is 0 Å². The van der Waals surface area contributed by atoms with E-state index < -0.39 is 12.1 Å². The van der Waals surface area contributed by atoms with Gasteiger partial charge in [-0.05, 0) is 25.1 Å². The molecule has 0 saturated carbocycles. The monoisotopic (exact) mass is 249 g/mol. The number of ether oxygens (including phenoxy) is 1. The van der Waals surface area contributed by atoms with Crippen LogP contribution in [0.4, 0.5) is 4.79 Å². The summed E-state index contributed by atoms with van der Waals surface area (Å²) in [5, 5.41) is 10.9. The summed E-state index contributed by atoms with van der Waals surface area (Å²) in [6.45, 7) is 1.67. The molecular weight excluding hydrogens is 234 g/mol. The van der Waals surface area contributed by atoms with Gasteiger partial charge in [-0.3, -0.25) is 5.21 Å². The third kappa shape index (κ3) is 1.98. The lowest BCUT2D eigenvalue weighted by molar-refractivity contribution is -0.0719. The minimum absolute atomic E-state index is 0.483. The molecule has 0 aliphatic heterocycles. The molecule has 0 saturated heterocycles. The molecule has 0 bridgehead atoms. The van der Waals surface area contributed by atoms with E-state index in [1.165, 1.54) is 0 Å². The molecule has 1 unspecified atom stereocenters. The minimum atomic E-state index is -0.895. The number of methoxy groups -OCH3 is 1. The first-order chi connectivity index (χ1) is 8.54. The Labute approximate surface area is 104 Å². The lowest BCUT2D eigenvalue weighted by Crippen LogP contribution is -2.34. The Balaban J connectivity index is 2.44. The van der Waals surface area contributed by atoms with E-state index in [0.29, 0.717) is 10.8 Å². The molecule has 1 atom stereocenters. The van der Waals surface area contributed by atoms with Gasteiger partial charge in [-0.1, -0.05) is 6.07 Å². The lowest BCUT2D eigenvalue weighted by atomic mass is 10.2. The van der Waals surface area contributed by atoms with Gasteiger partial charge >= 0.3 is 6.03 Å². The average Bonchev–Trinajstić information content (AvgIpc) is 2.80. The highest BCUT2D eigenvalue weighted by Crippen LogP contribution is 2.29. The SMILES string of the molecule is COc1cccc2[nH]c(C(C)N(O)C(N)=O)cc12. The standard InChI is InChI=1S/C12H15N3O3/c1-7(15(17)12(13)16)10-6-8-9(14-10)4-3-5-11(8)18-2/h3-7,14,17H,1-2H3,(H2,13,16). The van der Waals surface area contributed by atoms with Crippen LogP contribution in [0.25, 0.3) is 10.9 Å². The second kappa shape index (κ2) is 4.58. The van der Waals surface area contributed by atoms with E-state index in [2.05, 4.69) is 4.98 Å². The molecule has 18 heavy (non-hydrogen) atoms. The Bertz CT molecular complexity index is 579. The number of urea groups is 1. The normalized spacial score (nSPS) is 12.4. The molecule has 1 heterocycles. The molecule has 0 spiro atoms. The van der Waals surface area contributed by atoms with Crippen molar-refractivity contribution in [3.8, 4) is 5.75 Å². The van der Waals surface area contributed by atoms with Crippen LogP contribution in [0.5, 0.6) is 5.75 Å². The predicted molar refractivity (Wildman–Crippen MR) is 66.5 cm³/mol. The van der Waals surface area contributed by atoms with Crippen LogP contribution in [0.3, 0.4) is 0 Å². The molecule has 2 rings (SSSR count). The summed E-state index contributed by atoms with van der Waals surface area (Å²) in [6, 6.07) is 5.96. The number of nitrogens with zero attached hydrogens (tertiary/aromatic N) is 1. The Morgan fingerprint density at radius 3 is 2.89 bits per heavy atom. The number of fused-ring (bicyclic) bond motifs is 1. The number of hydrogen-bond acceptors (Lipinski definition) is 3. The van der Waals surface area contributed by atoms with Crippen molar-refractivity contribution in [3.63, 3.8) is 0 Å². The van der Waals surface area contributed by atoms with Crippen molar-refractivity contribution < 1.29 is 14.7 Å². The van der Waals surface area contributed by atoms with Gasteiger partial charge in [0.05, 0.1) is 13.2 Å². The molecule has 1 aromatic heterocycles. The largest absolute Gasteiger partial charge is 0.496 e. The molecule has 96 valence electrons. The number of aromatic nitrogens is 1. The summed E-state index contributed by atoms with van der Waals surface area (Å²) < 4.78 is 5.24. The molecule has 2 amide bonds. The van der Waals surface area contributed by atoms with Gasteiger partial charge in [0.15, 0.2) is 0 Å². The number of aromatic amines is 1. The molecular formula is C12H15N3O3. The van der Waals surface area contributed by atoms with E-state index in [1.54, 1.807) is 14.0 Å². The molecule has 2 aromatic rings. The second-order valence-corrected chi connectivity index (χ2v) is 4.00. The maximum atomic E-state index is 10.9. The van der Waals surface area contributed by atoms with Crippen molar-refractivity contribution in [3.05, 3.63) is 30.0 Å². The molecule has 0 radical (unpaired) electrons. The van der Waals surface area contributed by atoms with Crippen molar-refractivity contribution in [2.24, 2.45) is 5.73 Å². The van der Waals surface area contributed by atoms with E-state index >= 15 is 0 Å². The summed E-state index contributed by atoms with van der Waals surface area (Å²) in [7, 11) is 1.59. The van der Waals surface area contributed by atoms with Crippen molar-refractivity contribution >= 4 is 16.9 Å². The van der Waals surface area contributed by atoms with E-state index in [9.17, 15) is 10.0 Å². The van der Waals surface area contributed by atoms with Crippen LogP contribution >= 0.6 is 0 Å². The van der Waals surface area contributed by atoms with Crippen LogP contribution in [-0.2, 0) is 0 Å². The molecule has 6 heteroatoms. The van der Waals surface area contributed by atoms with Gasteiger partial charge in [0.1, 0.15) is 5.75 Å². The predicted octanol–water partition coefficient (Wildman–Crippen LogP) is 2.01. The van der Waals surface area contributed by atoms with Gasteiger partial charge in [-0.25, -0.2) is 4.79 Å². The zero-order valence-electron chi connectivity index (χ0n) is 10.2. The maximum Gasteiger partial charge on any atom is 0.339 e. The lowest BCUT2D eigenvalue weighted by Gasteiger charge is -2.19. The Morgan fingerprint density at radius 2 is 2.28 bits per heavy atom. The van der Waals surface area contributed by atoms with Gasteiger partial charge in [0.2, 0.25) is 0 Å². The number of amides is 2. The fourth-order valence-electron chi connectivity index (χ4n) is 1.87. The van der Waals surface area contributed by atoms with Crippen LogP contribution < -0.4 is 10.5 Å². The molecule has 6 nitrogen and oxygen atoms in total. The number of hydroxylamine groups is 2. The van der Waals surface area contributed by atoms with Gasteiger partial charge in [0.25, 0.3) is 0 Å². The minimum Gasteiger partial charge on any atom is -0.496 e. The number of benzene rings is 1. The Morgan fingerprint density at radius 1 is 1.56 bits per heavy atom. The first-order valence-corrected chi connectivity index (χ1v) is 5.47. The molecule has 0 aliphatic carbocycles. The zero-order chi connectivity index (χ0) is 13.3. The summed E-state index contributed by atoms with van der Waals surface area (Å²) in [6.07, 6.45) is 0. The average molecular weight is 249 g/mol. The first kappa shape index (κ1) is 12.3. The third-order valence-corrected chi connectivity index (χ3v) is 2.91. The van der Waals surface area contributed by atoms with Crippen LogP contribution in [0.1, 0.15) is 18.7 Å². The van der Waals surface area contributed by atoms with Gasteiger partial charge in [0, 0.05) is 16.6 Å².